The fourth-order valence-electron chi connectivity index (χ4n) is 3.96. The van der Waals surface area contributed by atoms with Gasteiger partial charge in [0.2, 0.25) is 5.91 Å². The van der Waals surface area contributed by atoms with E-state index in [0.29, 0.717) is 17.2 Å². The van der Waals surface area contributed by atoms with E-state index >= 15 is 0 Å². The first-order valence-corrected chi connectivity index (χ1v) is 10.0. The Morgan fingerprint density at radius 2 is 2.13 bits per heavy atom. The lowest BCUT2D eigenvalue weighted by Crippen LogP contribution is -2.35. The van der Waals surface area contributed by atoms with Crippen LogP contribution in [0.4, 0.5) is 11.4 Å². The highest BCUT2D eigenvalue weighted by atomic mass is 16.5. The molecule has 2 amide bonds. The quantitative estimate of drug-likeness (QED) is 0.559. The number of nitrogens with two attached hydrogens (primary N) is 1. The Morgan fingerprint density at radius 3 is 2.77 bits per heavy atom. The molecule has 0 bridgehead atoms. The van der Waals surface area contributed by atoms with E-state index in [1.54, 1.807) is 12.1 Å². The number of β-amino-alcohol motifs (C(OH)–C–C–N with tert-alkyl or cyclic N) is 1. The average molecular weight is 416 g/mol. The molecule has 9 heteroatoms. The standard InChI is InChI=1S/C21H28N4O5/c1-13-4-3-7-24(11-13)17-6-5-14(19(22)27)10-16(17)23-18-15(21(29)30-2)12-25(8-9-26)20(18)28/h5-6,10,13,23,26H,3-4,7-9,11-12H2,1-2H3,(H2,22,27). The molecule has 1 saturated heterocycles. The fourth-order valence-corrected chi connectivity index (χ4v) is 3.96. The number of carbonyl (C=O) groups is 3. The van der Waals surface area contributed by atoms with E-state index in [-0.39, 0.29) is 31.0 Å². The molecule has 0 spiro atoms. The second kappa shape index (κ2) is 9.17. The summed E-state index contributed by atoms with van der Waals surface area (Å²) in [6.07, 6.45) is 2.18. The molecule has 30 heavy (non-hydrogen) atoms. The van der Waals surface area contributed by atoms with E-state index in [1.807, 2.05) is 6.07 Å². The molecule has 9 nitrogen and oxygen atoms in total. The topological polar surface area (TPSA) is 125 Å². The number of hydrogen-bond donors (Lipinski definition) is 3. The smallest absolute Gasteiger partial charge is 0.337 e. The summed E-state index contributed by atoms with van der Waals surface area (Å²) in [5.41, 5.74) is 7.37. The average Bonchev–Trinajstić information content (AvgIpc) is 3.03. The van der Waals surface area contributed by atoms with Gasteiger partial charge in [0.25, 0.3) is 5.91 Å². The molecule has 0 aliphatic carbocycles. The SMILES string of the molecule is COC(=O)C1=C(Nc2cc(C(N)=O)ccc2N2CCCC(C)C2)C(=O)N(CCO)C1. The molecule has 1 aromatic carbocycles. The number of primary amides is 1. The summed E-state index contributed by atoms with van der Waals surface area (Å²) in [5.74, 6) is -1.10. The van der Waals surface area contributed by atoms with Crippen LogP contribution in [-0.4, -0.2) is 67.7 Å². The third-order valence-corrected chi connectivity index (χ3v) is 5.49. The van der Waals surface area contributed by atoms with Gasteiger partial charge in [-0.3, -0.25) is 9.59 Å². The van der Waals surface area contributed by atoms with E-state index in [4.69, 9.17) is 10.5 Å². The number of carbonyl (C=O) groups excluding carboxylic acids is 3. The van der Waals surface area contributed by atoms with Crippen molar-refractivity contribution < 1.29 is 24.2 Å². The van der Waals surface area contributed by atoms with Crippen LogP contribution in [0.5, 0.6) is 0 Å². The van der Waals surface area contributed by atoms with Crippen molar-refractivity contribution in [2.45, 2.75) is 19.8 Å². The van der Waals surface area contributed by atoms with Gasteiger partial charge >= 0.3 is 5.97 Å². The lowest BCUT2D eigenvalue weighted by atomic mass is 9.99. The van der Waals surface area contributed by atoms with Crippen LogP contribution in [0, 0.1) is 5.92 Å². The predicted octanol–water partition coefficient (Wildman–Crippen LogP) is 0.695. The fraction of sp³-hybridized carbons (Fsp3) is 0.476. The van der Waals surface area contributed by atoms with Crippen molar-refractivity contribution in [2.75, 3.05) is 50.1 Å². The van der Waals surface area contributed by atoms with Crippen LogP contribution < -0.4 is 16.0 Å². The maximum atomic E-state index is 12.9. The Morgan fingerprint density at radius 1 is 1.37 bits per heavy atom. The zero-order chi connectivity index (χ0) is 21.8. The van der Waals surface area contributed by atoms with E-state index in [0.717, 1.165) is 31.6 Å². The van der Waals surface area contributed by atoms with Crippen LogP contribution in [0.2, 0.25) is 0 Å². The lowest BCUT2D eigenvalue weighted by molar-refractivity contribution is -0.136. The minimum absolute atomic E-state index is 0.0417. The molecule has 4 N–H and O–H groups in total. The van der Waals surface area contributed by atoms with Gasteiger partial charge in [-0.15, -0.1) is 0 Å². The second-order valence-electron chi connectivity index (χ2n) is 7.71. The molecule has 0 radical (unpaired) electrons. The maximum Gasteiger partial charge on any atom is 0.337 e. The first kappa shape index (κ1) is 21.6. The van der Waals surface area contributed by atoms with E-state index in [2.05, 4.69) is 17.1 Å². The number of rotatable bonds is 7. The van der Waals surface area contributed by atoms with Gasteiger partial charge in [0, 0.05) is 25.2 Å². The highest BCUT2D eigenvalue weighted by Crippen LogP contribution is 2.33. The van der Waals surface area contributed by atoms with Crippen LogP contribution >= 0.6 is 0 Å². The van der Waals surface area contributed by atoms with Crippen LogP contribution in [0.15, 0.2) is 29.5 Å². The number of esters is 1. The molecule has 2 heterocycles. The van der Waals surface area contributed by atoms with Gasteiger partial charge in [0.1, 0.15) is 5.70 Å². The number of methoxy groups -OCH3 is 1. The molecule has 162 valence electrons. The summed E-state index contributed by atoms with van der Waals surface area (Å²) in [7, 11) is 1.25. The summed E-state index contributed by atoms with van der Waals surface area (Å²) >= 11 is 0. The van der Waals surface area contributed by atoms with Crippen molar-refractivity contribution in [3.63, 3.8) is 0 Å². The first-order valence-electron chi connectivity index (χ1n) is 10.0. The third kappa shape index (κ3) is 4.40. The number of aliphatic hydroxyl groups excluding tert-OH is 1. The van der Waals surface area contributed by atoms with Gasteiger partial charge in [-0.05, 0) is 37.0 Å². The van der Waals surface area contributed by atoms with Gasteiger partial charge in [0.15, 0.2) is 0 Å². The van der Waals surface area contributed by atoms with E-state index < -0.39 is 17.8 Å². The molecule has 0 saturated carbocycles. The number of aliphatic hydroxyl groups is 1. The van der Waals surface area contributed by atoms with Gasteiger partial charge in [-0.1, -0.05) is 6.92 Å². The largest absolute Gasteiger partial charge is 0.466 e. The molecule has 2 aliphatic rings. The second-order valence-corrected chi connectivity index (χ2v) is 7.71. The number of nitrogens with one attached hydrogen (secondary N) is 1. The van der Waals surface area contributed by atoms with Gasteiger partial charge < -0.3 is 30.7 Å². The molecule has 0 aromatic heterocycles. The van der Waals surface area contributed by atoms with Crippen molar-refractivity contribution in [1.29, 1.82) is 0 Å². The van der Waals surface area contributed by atoms with Crippen molar-refractivity contribution in [3.8, 4) is 0 Å². The molecule has 2 aliphatic heterocycles. The zero-order valence-electron chi connectivity index (χ0n) is 17.3. The maximum absolute atomic E-state index is 12.9. The van der Waals surface area contributed by atoms with Crippen molar-refractivity contribution in [1.82, 2.24) is 4.90 Å². The molecule has 1 unspecified atom stereocenters. The molecular weight excluding hydrogens is 388 g/mol. The summed E-state index contributed by atoms with van der Waals surface area (Å²) in [6, 6.07) is 5.07. The van der Waals surface area contributed by atoms with Crippen molar-refractivity contribution in [3.05, 3.63) is 35.0 Å². The number of anilines is 2. The number of ether oxygens (including phenoxy) is 1. The Kier molecular flexibility index (Phi) is 6.61. The summed E-state index contributed by atoms with van der Waals surface area (Å²) in [6.45, 7) is 3.80. The number of benzene rings is 1. The molecule has 1 aromatic rings. The monoisotopic (exact) mass is 416 g/mol. The molecule has 1 fully saturated rings. The van der Waals surface area contributed by atoms with Crippen LogP contribution in [0.1, 0.15) is 30.1 Å². The number of amides is 2. The predicted molar refractivity (Wildman–Crippen MR) is 112 cm³/mol. The van der Waals surface area contributed by atoms with E-state index in [9.17, 15) is 19.5 Å². The molecule has 1 atom stereocenters. The van der Waals surface area contributed by atoms with Crippen molar-refractivity contribution in [2.24, 2.45) is 11.7 Å². The highest BCUT2D eigenvalue weighted by Gasteiger charge is 2.35. The van der Waals surface area contributed by atoms with Crippen LogP contribution in [-0.2, 0) is 14.3 Å². The van der Waals surface area contributed by atoms with Gasteiger partial charge in [0.05, 0.1) is 37.2 Å². The summed E-state index contributed by atoms with van der Waals surface area (Å²) < 4.78 is 4.84. The Bertz CT molecular complexity index is 882. The number of nitrogens with zero attached hydrogens (tertiary/aromatic N) is 2. The lowest BCUT2D eigenvalue weighted by Gasteiger charge is -2.34. The normalized spacial score (nSPS) is 19.3. The minimum Gasteiger partial charge on any atom is -0.466 e. The van der Waals surface area contributed by atoms with Gasteiger partial charge in [-0.2, -0.15) is 0 Å². The summed E-state index contributed by atoms with van der Waals surface area (Å²) in [5, 5.41) is 12.3. The first-order chi connectivity index (χ1) is 14.3. The Balaban J connectivity index is 2.02. The van der Waals surface area contributed by atoms with Crippen LogP contribution in [0.25, 0.3) is 0 Å². The zero-order valence-corrected chi connectivity index (χ0v) is 17.3. The van der Waals surface area contributed by atoms with E-state index in [1.165, 1.54) is 12.0 Å². The Hall–Kier alpha value is -3.07. The highest BCUT2D eigenvalue weighted by molar-refractivity contribution is 6.09. The minimum atomic E-state index is -0.620. The number of piperidine rings is 1. The van der Waals surface area contributed by atoms with Gasteiger partial charge in [-0.25, -0.2) is 4.79 Å². The summed E-state index contributed by atoms with van der Waals surface area (Å²) in [4.78, 5) is 40.5. The van der Waals surface area contributed by atoms with Crippen molar-refractivity contribution >= 4 is 29.2 Å². The Labute approximate surface area is 175 Å². The third-order valence-electron chi connectivity index (χ3n) is 5.49. The number of hydrogen-bond acceptors (Lipinski definition) is 7. The molecular formula is C21H28N4O5. The van der Waals surface area contributed by atoms with Crippen LogP contribution in [0.3, 0.4) is 0 Å². The molecule has 3 rings (SSSR count).